The van der Waals surface area contributed by atoms with Crippen LogP contribution in [0.5, 0.6) is 0 Å². The highest BCUT2D eigenvalue weighted by Crippen LogP contribution is 2.41. The summed E-state index contributed by atoms with van der Waals surface area (Å²) in [4.78, 5) is 42.6. The molecule has 0 saturated heterocycles. The third-order valence-corrected chi connectivity index (χ3v) is 7.28. The van der Waals surface area contributed by atoms with Crippen LogP contribution in [0.2, 0.25) is 0 Å². The Labute approximate surface area is 227 Å². The fourth-order valence-corrected chi connectivity index (χ4v) is 5.14. The quantitative estimate of drug-likeness (QED) is 0.369. The van der Waals surface area contributed by atoms with Gasteiger partial charge < -0.3 is 20.3 Å². The van der Waals surface area contributed by atoms with E-state index in [0.717, 1.165) is 36.0 Å². The number of carbonyl (C=O) groups is 3. The Morgan fingerprint density at radius 1 is 1.16 bits per heavy atom. The van der Waals surface area contributed by atoms with E-state index in [0.29, 0.717) is 12.2 Å². The van der Waals surface area contributed by atoms with E-state index in [2.05, 4.69) is 24.5 Å². The van der Waals surface area contributed by atoms with Crippen molar-refractivity contribution in [3.8, 4) is 0 Å². The molecule has 1 aliphatic carbocycles. The fourth-order valence-electron chi connectivity index (χ4n) is 4.67. The Morgan fingerprint density at radius 2 is 1.81 bits per heavy atom. The van der Waals surface area contributed by atoms with E-state index in [4.69, 9.17) is 4.74 Å². The number of aryl methyl sites for hydroxylation is 2. The number of hydrogen-bond donors (Lipinski definition) is 2. The molecule has 0 bridgehead atoms. The molecule has 1 aliphatic rings. The van der Waals surface area contributed by atoms with Crippen molar-refractivity contribution in [2.75, 3.05) is 12.0 Å². The predicted molar refractivity (Wildman–Crippen MR) is 152 cm³/mol. The van der Waals surface area contributed by atoms with Gasteiger partial charge in [0.15, 0.2) is 0 Å². The van der Waals surface area contributed by atoms with Crippen LogP contribution in [0.3, 0.4) is 0 Å². The first kappa shape index (κ1) is 31.0. The number of alkyl carbamates (subject to hydrolysis) is 1. The summed E-state index contributed by atoms with van der Waals surface area (Å²) in [5.74, 6) is 0.549. The van der Waals surface area contributed by atoms with Crippen molar-refractivity contribution in [3.63, 3.8) is 0 Å². The zero-order chi connectivity index (χ0) is 27.9. The molecule has 0 heterocycles. The van der Waals surface area contributed by atoms with Crippen molar-refractivity contribution in [1.82, 2.24) is 15.5 Å². The molecule has 3 amide bonds. The molecule has 1 fully saturated rings. The van der Waals surface area contributed by atoms with Crippen molar-refractivity contribution in [2.45, 2.75) is 111 Å². The number of ether oxygens (including phenoxy) is 1. The first-order valence-electron chi connectivity index (χ1n) is 13.5. The van der Waals surface area contributed by atoms with Gasteiger partial charge in [0.1, 0.15) is 17.7 Å². The number of nitrogens with one attached hydrogen (secondary N) is 2. The maximum atomic E-state index is 14.3. The molecule has 0 aromatic heterocycles. The van der Waals surface area contributed by atoms with E-state index in [1.165, 1.54) is 0 Å². The Hall–Kier alpha value is -2.22. The molecule has 0 aliphatic heterocycles. The summed E-state index contributed by atoms with van der Waals surface area (Å²) in [5.41, 5.74) is 2.20. The summed E-state index contributed by atoms with van der Waals surface area (Å²) in [7, 11) is 0. The third-order valence-electron chi connectivity index (χ3n) is 6.64. The number of nitrogens with zero attached hydrogens (tertiary/aromatic N) is 1. The average molecular weight is 534 g/mol. The zero-order valence-electron chi connectivity index (χ0n) is 24.1. The molecule has 7 nitrogen and oxygen atoms in total. The van der Waals surface area contributed by atoms with Crippen molar-refractivity contribution < 1.29 is 19.1 Å². The number of amides is 3. The molecule has 37 heavy (non-hydrogen) atoms. The summed E-state index contributed by atoms with van der Waals surface area (Å²) >= 11 is 1.61. The smallest absolute Gasteiger partial charge is 0.408 e. The van der Waals surface area contributed by atoms with E-state index in [1.54, 1.807) is 37.4 Å². The van der Waals surface area contributed by atoms with E-state index in [1.807, 2.05) is 45.2 Å². The molecule has 5 unspecified atom stereocenters. The van der Waals surface area contributed by atoms with Crippen LogP contribution in [0, 0.1) is 19.8 Å². The Bertz CT molecular complexity index is 946. The van der Waals surface area contributed by atoms with E-state index < -0.39 is 23.8 Å². The molecule has 2 N–H and O–H groups in total. The van der Waals surface area contributed by atoms with Crippen LogP contribution >= 0.6 is 11.8 Å². The minimum absolute atomic E-state index is 0.00786. The van der Waals surface area contributed by atoms with Gasteiger partial charge in [0.2, 0.25) is 11.8 Å². The molecule has 8 heteroatoms. The minimum atomic E-state index is -0.788. The summed E-state index contributed by atoms with van der Waals surface area (Å²) in [6, 6.07) is 4.36. The number of hydrogen-bond acceptors (Lipinski definition) is 5. The zero-order valence-corrected chi connectivity index (χ0v) is 25.0. The summed E-state index contributed by atoms with van der Waals surface area (Å²) in [6.07, 6.45) is 4.43. The highest BCUT2D eigenvalue weighted by atomic mass is 32.2. The monoisotopic (exact) mass is 533 g/mol. The molecule has 0 spiro atoms. The number of thioether (sulfide) groups is 1. The minimum Gasteiger partial charge on any atom is -0.444 e. The molecule has 2 rings (SSSR count). The van der Waals surface area contributed by atoms with Gasteiger partial charge in [-0.15, -0.1) is 0 Å². The van der Waals surface area contributed by atoms with E-state index >= 15 is 0 Å². The summed E-state index contributed by atoms with van der Waals surface area (Å²) < 4.78 is 5.47. The van der Waals surface area contributed by atoms with E-state index in [-0.39, 0.29) is 29.8 Å². The largest absolute Gasteiger partial charge is 0.444 e. The van der Waals surface area contributed by atoms with Gasteiger partial charge in [-0.1, -0.05) is 44.0 Å². The van der Waals surface area contributed by atoms with Gasteiger partial charge in [0.05, 0.1) is 0 Å². The van der Waals surface area contributed by atoms with Crippen LogP contribution < -0.4 is 10.6 Å². The first-order valence-corrected chi connectivity index (χ1v) is 14.9. The van der Waals surface area contributed by atoms with Crippen LogP contribution in [0.15, 0.2) is 18.2 Å². The second-order valence-corrected chi connectivity index (χ2v) is 12.5. The maximum Gasteiger partial charge on any atom is 0.408 e. The van der Waals surface area contributed by atoms with Gasteiger partial charge in [-0.05, 0) is 89.9 Å². The lowest BCUT2D eigenvalue weighted by Gasteiger charge is -2.36. The lowest BCUT2D eigenvalue weighted by molar-refractivity contribution is -0.143. The Morgan fingerprint density at radius 3 is 2.32 bits per heavy atom. The summed E-state index contributed by atoms with van der Waals surface area (Å²) in [5, 5.41) is 5.98. The van der Waals surface area contributed by atoms with Crippen molar-refractivity contribution in [3.05, 3.63) is 34.9 Å². The van der Waals surface area contributed by atoms with Gasteiger partial charge in [-0.3, -0.25) is 9.59 Å². The maximum absolute atomic E-state index is 14.3. The van der Waals surface area contributed by atoms with Gasteiger partial charge in [-0.25, -0.2) is 4.79 Å². The van der Waals surface area contributed by atoms with Crippen LogP contribution in [-0.4, -0.2) is 58.5 Å². The number of benzene rings is 1. The molecule has 1 aromatic carbocycles. The van der Waals surface area contributed by atoms with Gasteiger partial charge >= 0.3 is 6.09 Å². The first-order chi connectivity index (χ1) is 17.3. The lowest BCUT2D eigenvalue weighted by Crippen LogP contribution is -2.54. The Balaban J connectivity index is 2.51. The van der Waals surface area contributed by atoms with Crippen molar-refractivity contribution in [1.29, 1.82) is 0 Å². The standard InChI is InChI=1S/C29H47N3O4S/c1-10-11-21(5)30-26(33)25(22-13-12-18(2)16-19(22)3)32(24-17-20(24)4)27(34)23(14-15-37-9)31-28(35)36-29(6,7)8/h12-13,16,20-21,23-25H,10-11,14-15,17H2,1-9H3,(H,30,33)(H,31,35). The van der Waals surface area contributed by atoms with Gasteiger partial charge in [0, 0.05) is 12.1 Å². The average Bonchev–Trinajstić information content (AvgIpc) is 3.49. The predicted octanol–water partition coefficient (Wildman–Crippen LogP) is 5.53. The SMILES string of the molecule is CCCC(C)NC(=O)C(c1ccc(C)cc1C)N(C(=O)C(CCSC)NC(=O)OC(C)(C)C)C1CC1C. The molecular weight excluding hydrogens is 486 g/mol. The third kappa shape index (κ3) is 9.24. The van der Waals surface area contributed by atoms with Crippen molar-refractivity contribution in [2.24, 2.45) is 5.92 Å². The van der Waals surface area contributed by atoms with Crippen LogP contribution in [0.1, 0.15) is 90.0 Å². The fraction of sp³-hybridized carbons (Fsp3) is 0.690. The van der Waals surface area contributed by atoms with Crippen LogP contribution in [0.25, 0.3) is 0 Å². The Kier molecular flexibility index (Phi) is 11.3. The van der Waals surface area contributed by atoms with Gasteiger partial charge in [0.25, 0.3) is 0 Å². The highest BCUT2D eigenvalue weighted by molar-refractivity contribution is 7.98. The van der Waals surface area contributed by atoms with Crippen molar-refractivity contribution >= 4 is 29.7 Å². The van der Waals surface area contributed by atoms with Crippen LogP contribution in [0.4, 0.5) is 4.79 Å². The normalized spacial score (nSPS) is 19.4. The molecule has 5 atom stereocenters. The lowest BCUT2D eigenvalue weighted by atomic mass is 9.95. The molecule has 1 aromatic rings. The second-order valence-electron chi connectivity index (χ2n) is 11.5. The van der Waals surface area contributed by atoms with Gasteiger partial charge in [-0.2, -0.15) is 11.8 Å². The van der Waals surface area contributed by atoms with E-state index in [9.17, 15) is 14.4 Å². The van der Waals surface area contributed by atoms with Crippen LogP contribution in [-0.2, 0) is 14.3 Å². The molecule has 208 valence electrons. The number of carbonyl (C=O) groups excluding carboxylic acids is 3. The molecule has 1 saturated carbocycles. The summed E-state index contributed by atoms with van der Waals surface area (Å²) in [6.45, 7) is 15.6. The number of rotatable bonds is 12. The molecule has 0 radical (unpaired) electrons. The highest BCUT2D eigenvalue weighted by Gasteiger charge is 2.48. The second kappa shape index (κ2) is 13.5. The topological polar surface area (TPSA) is 87.7 Å². The molecular formula is C29H47N3O4S.